The van der Waals surface area contributed by atoms with Crippen molar-refractivity contribution in [2.24, 2.45) is 0 Å². The molecule has 0 unspecified atom stereocenters. The zero-order valence-electron chi connectivity index (χ0n) is 17.5. The molecule has 0 fully saturated rings. The standard InChI is InChI=1S/C22H25N5O3/c1-14(2)18-6-5-7-19(15(3)4)21(18)24-20(28)12-30-22(29)16-8-10-17(11-9-16)27-13-23-25-26-27/h5-11,13-15H,12H2,1-4H3,(H,24,28). The Bertz CT molecular complexity index is 986. The molecule has 0 radical (unpaired) electrons. The van der Waals surface area contributed by atoms with Crippen LogP contribution in [0.2, 0.25) is 0 Å². The molecule has 156 valence electrons. The van der Waals surface area contributed by atoms with Gasteiger partial charge in [0.2, 0.25) is 0 Å². The number of nitrogens with one attached hydrogen (secondary N) is 1. The monoisotopic (exact) mass is 407 g/mol. The van der Waals surface area contributed by atoms with Crippen molar-refractivity contribution in [3.8, 4) is 5.69 Å². The van der Waals surface area contributed by atoms with Gasteiger partial charge in [-0.05, 0) is 57.7 Å². The van der Waals surface area contributed by atoms with Gasteiger partial charge in [-0.25, -0.2) is 9.48 Å². The molecule has 0 aliphatic heterocycles. The van der Waals surface area contributed by atoms with Crippen LogP contribution in [-0.4, -0.2) is 38.7 Å². The highest BCUT2D eigenvalue weighted by Crippen LogP contribution is 2.32. The van der Waals surface area contributed by atoms with Crippen molar-refractivity contribution < 1.29 is 14.3 Å². The van der Waals surface area contributed by atoms with Gasteiger partial charge in [-0.1, -0.05) is 45.9 Å². The van der Waals surface area contributed by atoms with Crippen molar-refractivity contribution in [2.75, 3.05) is 11.9 Å². The summed E-state index contributed by atoms with van der Waals surface area (Å²) < 4.78 is 6.67. The minimum Gasteiger partial charge on any atom is -0.452 e. The third kappa shape index (κ3) is 4.89. The summed E-state index contributed by atoms with van der Waals surface area (Å²) in [7, 11) is 0. The predicted octanol–water partition coefficient (Wildman–Crippen LogP) is 3.70. The van der Waals surface area contributed by atoms with E-state index in [0.29, 0.717) is 11.3 Å². The molecule has 0 spiro atoms. The number of ether oxygens (including phenoxy) is 1. The summed E-state index contributed by atoms with van der Waals surface area (Å²) in [5.74, 6) is -0.446. The molecule has 3 aromatic rings. The second kappa shape index (κ2) is 9.30. The predicted molar refractivity (Wildman–Crippen MR) is 113 cm³/mol. The fourth-order valence-corrected chi connectivity index (χ4v) is 3.12. The van der Waals surface area contributed by atoms with Gasteiger partial charge in [0, 0.05) is 5.69 Å². The molecular weight excluding hydrogens is 382 g/mol. The number of tetrazole rings is 1. The maximum absolute atomic E-state index is 12.5. The average Bonchev–Trinajstić information content (AvgIpc) is 3.27. The Morgan fingerprint density at radius 1 is 1.00 bits per heavy atom. The number of anilines is 1. The Kier molecular flexibility index (Phi) is 6.56. The van der Waals surface area contributed by atoms with E-state index in [9.17, 15) is 9.59 Å². The molecule has 0 atom stereocenters. The van der Waals surface area contributed by atoms with Gasteiger partial charge in [0.15, 0.2) is 6.61 Å². The minimum atomic E-state index is -0.574. The van der Waals surface area contributed by atoms with Gasteiger partial charge in [0.25, 0.3) is 5.91 Å². The first kappa shape index (κ1) is 21.2. The quantitative estimate of drug-likeness (QED) is 0.600. The van der Waals surface area contributed by atoms with Crippen LogP contribution in [0.3, 0.4) is 0 Å². The molecule has 3 rings (SSSR count). The second-order valence-corrected chi connectivity index (χ2v) is 7.55. The lowest BCUT2D eigenvalue weighted by Crippen LogP contribution is -2.22. The fraction of sp³-hybridized carbons (Fsp3) is 0.318. The van der Waals surface area contributed by atoms with Gasteiger partial charge < -0.3 is 10.1 Å². The normalized spacial score (nSPS) is 11.0. The first-order valence-electron chi connectivity index (χ1n) is 9.80. The van der Waals surface area contributed by atoms with Crippen molar-refractivity contribution in [1.82, 2.24) is 20.2 Å². The van der Waals surface area contributed by atoms with Crippen molar-refractivity contribution in [1.29, 1.82) is 0 Å². The molecule has 0 bridgehead atoms. The summed E-state index contributed by atoms with van der Waals surface area (Å²) in [6, 6.07) is 12.6. The van der Waals surface area contributed by atoms with Crippen LogP contribution in [0.25, 0.3) is 5.69 Å². The highest BCUT2D eigenvalue weighted by atomic mass is 16.5. The SMILES string of the molecule is CC(C)c1cccc(C(C)C)c1NC(=O)COC(=O)c1ccc(-n2cnnn2)cc1. The molecule has 8 nitrogen and oxygen atoms in total. The number of hydrogen-bond donors (Lipinski definition) is 1. The van der Waals surface area contributed by atoms with Crippen molar-refractivity contribution in [2.45, 2.75) is 39.5 Å². The minimum absolute atomic E-state index is 0.250. The topological polar surface area (TPSA) is 99.0 Å². The molecule has 0 saturated heterocycles. The zero-order valence-corrected chi connectivity index (χ0v) is 17.5. The number of amides is 1. The highest BCUT2D eigenvalue weighted by Gasteiger charge is 2.17. The Morgan fingerprint density at radius 3 is 2.17 bits per heavy atom. The third-order valence-corrected chi connectivity index (χ3v) is 4.69. The smallest absolute Gasteiger partial charge is 0.338 e. The van der Waals surface area contributed by atoms with Crippen LogP contribution in [0.1, 0.15) is 61.0 Å². The number of benzene rings is 2. The van der Waals surface area contributed by atoms with E-state index in [0.717, 1.165) is 16.8 Å². The summed E-state index contributed by atoms with van der Waals surface area (Å²) in [5.41, 5.74) is 3.96. The first-order chi connectivity index (χ1) is 14.4. The number of hydrogen-bond acceptors (Lipinski definition) is 6. The molecule has 0 aliphatic rings. The number of esters is 1. The summed E-state index contributed by atoms with van der Waals surface area (Å²) >= 11 is 0. The van der Waals surface area contributed by atoms with Crippen molar-refractivity contribution in [3.63, 3.8) is 0 Å². The van der Waals surface area contributed by atoms with E-state index in [2.05, 4.69) is 48.5 Å². The van der Waals surface area contributed by atoms with Gasteiger partial charge in [0.1, 0.15) is 6.33 Å². The van der Waals surface area contributed by atoms with E-state index in [-0.39, 0.29) is 24.3 Å². The molecule has 1 heterocycles. The maximum Gasteiger partial charge on any atom is 0.338 e. The molecular formula is C22H25N5O3. The van der Waals surface area contributed by atoms with Crippen LogP contribution in [0.4, 0.5) is 5.69 Å². The Balaban J connectivity index is 1.64. The summed E-state index contributed by atoms with van der Waals surface area (Å²) in [6.45, 7) is 7.95. The van der Waals surface area contributed by atoms with Gasteiger partial charge in [-0.2, -0.15) is 0 Å². The Labute approximate surface area is 175 Å². The first-order valence-corrected chi connectivity index (χ1v) is 9.80. The largest absolute Gasteiger partial charge is 0.452 e. The summed E-state index contributed by atoms with van der Waals surface area (Å²) in [4.78, 5) is 24.8. The highest BCUT2D eigenvalue weighted by molar-refractivity contribution is 5.96. The molecule has 30 heavy (non-hydrogen) atoms. The van der Waals surface area contributed by atoms with Crippen LogP contribution < -0.4 is 5.32 Å². The fourth-order valence-electron chi connectivity index (χ4n) is 3.12. The van der Waals surface area contributed by atoms with E-state index < -0.39 is 5.97 Å². The third-order valence-electron chi connectivity index (χ3n) is 4.69. The van der Waals surface area contributed by atoms with Crippen LogP contribution in [-0.2, 0) is 9.53 Å². The molecule has 1 N–H and O–H groups in total. The van der Waals surface area contributed by atoms with E-state index in [4.69, 9.17) is 4.74 Å². The number of carbonyl (C=O) groups is 2. The van der Waals surface area contributed by atoms with Crippen molar-refractivity contribution >= 4 is 17.6 Å². The molecule has 2 aromatic carbocycles. The number of carbonyl (C=O) groups excluding carboxylic acids is 2. The van der Waals surface area contributed by atoms with Crippen LogP contribution in [0.5, 0.6) is 0 Å². The van der Waals surface area contributed by atoms with E-state index in [1.807, 2.05) is 18.2 Å². The van der Waals surface area contributed by atoms with Crippen LogP contribution in [0.15, 0.2) is 48.8 Å². The van der Waals surface area contributed by atoms with Gasteiger partial charge in [0.05, 0.1) is 11.3 Å². The van der Waals surface area contributed by atoms with Gasteiger partial charge >= 0.3 is 5.97 Å². The number of nitrogens with zero attached hydrogens (tertiary/aromatic N) is 4. The van der Waals surface area contributed by atoms with E-state index >= 15 is 0 Å². The molecule has 0 aliphatic carbocycles. The van der Waals surface area contributed by atoms with E-state index in [1.165, 1.54) is 11.0 Å². The number of aromatic nitrogens is 4. The van der Waals surface area contributed by atoms with Gasteiger partial charge in [-0.3, -0.25) is 4.79 Å². The van der Waals surface area contributed by atoms with Crippen LogP contribution in [0, 0.1) is 0 Å². The lowest BCUT2D eigenvalue weighted by Gasteiger charge is -2.20. The van der Waals surface area contributed by atoms with E-state index in [1.54, 1.807) is 24.3 Å². The second-order valence-electron chi connectivity index (χ2n) is 7.55. The lowest BCUT2D eigenvalue weighted by molar-refractivity contribution is -0.119. The zero-order chi connectivity index (χ0) is 21.7. The lowest BCUT2D eigenvalue weighted by atomic mass is 9.92. The van der Waals surface area contributed by atoms with Crippen LogP contribution >= 0.6 is 0 Å². The Hall–Kier alpha value is -3.55. The van der Waals surface area contributed by atoms with Gasteiger partial charge in [-0.15, -0.1) is 5.10 Å². The van der Waals surface area contributed by atoms with Crippen molar-refractivity contribution in [3.05, 3.63) is 65.5 Å². The Morgan fingerprint density at radius 2 is 1.63 bits per heavy atom. The number of rotatable bonds is 7. The number of para-hydroxylation sites is 1. The molecule has 1 aromatic heterocycles. The summed E-state index contributed by atoms with van der Waals surface area (Å²) in [5, 5.41) is 13.9. The average molecular weight is 407 g/mol. The maximum atomic E-state index is 12.5. The summed E-state index contributed by atoms with van der Waals surface area (Å²) in [6.07, 6.45) is 1.46. The molecule has 1 amide bonds. The molecule has 8 heteroatoms. The molecule has 0 saturated carbocycles.